The molecule has 9 atom stereocenters. The number of epoxide rings is 1. The number of nitrogens with one attached hydrogen (secondary N) is 1. The van der Waals surface area contributed by atoms with Crippen LogP contribution in [-0.2, 0) is 27.7 Å². The highest BCUT2D eigenvalue weighted by Gasteiger charge is 2.86. The SMILES string of the molecule is CC(C)=CCc1cccc2[nH]c3c(c12)CC1CCC2(O)C45OC4C(O)C(C(C)(C)O)OC5CCC2(C)C31C. The Labute approximate surface area is 225 Å². The monoisotopic (exact) mass is 521 g/mol. The van der Waals surface area contributed by atoms with Gasteiger partial charge in [0.2, 0.25) is 0 Å². The van der Waals surface area contributed by atoms with Crippen LogP contribution in [0.1, 0.15) is 84.0 Å². The van der Waals surface area contributed by atoms with E-state index in [1.165, 1.54) is 33.3 Å². The predicted molar refractivity (Wildman–Crippen MR) is 146 cm³/mol. The number of aliphatic hydroxyl groups is 3. The first kappa shape index (κ1) is 25.3. The molecule has 2 saturated carbocycles. The quantitative estimate of drug-likeness (QED) is 0.353. The van der Waals surface area contributed by atoms with E-state index in [1.807, 2.05) is 0 Å². The molecule has 2 aromatic rings. The number of aliphatic hydroxyl groups excluding tert-OH is 1. The van der Waals surface area contributed by atoms with Gasteiger partial charge in [0.25, 0.3) is 0 Å². The Morgan fingerprint density at radius 1 is 1.18 bits per heavy atom. The first-order valence-electron chi connectivity index (χ1n) is 14.5. The molecule has 4 fully saturated rings. The van der Waals surface area contributed by atoms with Crippen molar-refractivity contribution in [3.05, 3.63) is 46.7 Å². The molecule has 3 heterocycles. The van der Waals surface area contributed by atoms with Crippen LogP contribution in [0.2, 0.25) is 0 Å². The Morgan fingerprint density at radius 2 is 1.95 bits per heavy atom. The van der Waals surface area contributed by atoms with E-state index >= 15 is 0 Å². The number of benzene rings is 1. The van der Waals surface area contributed by atoms with Gasteiger partial charge in [-0.15, -0.1) is 0 Å². The third-order valence-electron chi connectivity index (χ3n) is 11.8. The van der Waals surface area contributed by atoms with Gasteiger partial charge in [-0.3, -0.25) is 0 Å². The van der Waals surface area contributed by atoms with Crippen LogP contribution in [-0.4, -0.2) is 61.5 Å². The molecule has 1 aromatic heterocycles. The summed E-state index contributed by atoms with van der Waals surface area (Å²) < 4.78 is 12.8. The molecule has 2 saturated heterocycles. The molecule has 2 aliphatic heterocycles. The van der Waals surface area contributed by atoms with Crippen LogP contribution in [0.3, 0.4) is 0 Å². The molecule has 3 aliphatic carbocycles. The highest BCUT2D eigenvalue weighted by atomic mass is 16.7. The molecule has 206 valence electrons. The number of aromatic nitrogens is 1. The number of hydrogen-bond acceptors (Lipinski definition) is 5. The van der Waals surface area contributed by atoms with E-state index < -0.39 is 40.5 Å². The van der Waals surface area contributed by atoms with E-state index in [2.05, 4.69) is 57.0 Å². The van der Waals surface area contributed by atoms with Gasteiger partial charge in [0.1, 0.15) is 23.9 Å². The summed E-state index contributed by atoms with van der Waals surface area (Å²) in [6, 6.07) is 6.59. The minimum atomic E-state index is -1.20. The van der Waals surface area contributed by atoms with Gasteiger partial charge >= 0.3 is 0 Å². The average molecular weight is 522 g/mol. The first-order chi connectivity index (χ1) is 17.8. The Kier molecular flexibility index (Phi) is 5.00. The zero-order chi connectivity index (χ0) is 27.0. The van der Waals surface area contributed by atoms with Crippen LogP contribution in [0.25, 0.3) is 10.9 Å². The lowest BCUT2D eigenvalue weighted by Gasteiger charge is -2.66. The molecule has 5 aliphatic rings. The second-order valence-corrected chi connectivity index (χ2v) is 14.2. The molecule has 0 radical (unpaired) electrons. The Hall–Kier alpha value is -1.70. The molecular formula is C32H43NO5. The average Bonchev–Trinajstić information content (AvgIpc) is 3.42. The summed E-state index contributed by atoms with van der Waals surface area (Å²) in [6.45, 7) is 12.3. The molecule has 7 rings (SSSR count). The van der Waals surface area contributed by atoms with Crippen molar-refractivity contribution in [2.24, 2.45) is 11.3 Å². The summed E-state index contributed by atoms with van der Waals surface area (Å²) in [4.78, 5) is 3.87. The predicted octanol–water partition coefficient (Wildman–Crippen LogP) is 4.47. The van der Waals surface area contributed by atoms with E-state index in [-0.39, 0.29) is 11.5 Å². The van der Waals surface area contributed by atoms with Gasteiger partial charge in [-0.05, 0) is 89.3 Å². The van der Waals surface area contributed by atoms with Gasteiger partial charge < -0.3 is 29.8 Å². The van der Waals surface area contributed by atoms with Crippen molar-refractivity contribution in [2.45, 2.75) is 127 Å². The number of rotatable bonds is 3. The second kappa shape index (κ2) is 7.52. The summed E-state index contributed by atoms with van der Waals surface area (Å²) >= 11 is 0. The molecular weight excluding hydrogens is 478 g/mol. The van der Waals surface area contributed by atoms with Crippen molar-refractivity contribution in [3.8, 4) is 0 Å². The van der Waals surface area contributed by atoms with Crippen molar-refractivity contribution in [2.75, 3.05) is 0 Å². The van der Waals surface area contributed by atoms with Crippen molar-refractivity contribution >= 4 is 10.9 Å². The van der Waals surface area contributed by atoms with Crippen molar-refractivity contribution in [1.29, 1.82) is 0 Å². The highest BCUT2D eigenvalue weighted by Crippen LogP contribution is 2.75. The molecule has 4 N–H and O–H groups in total. The summed E-state index contributed by atoms with van der Waals surface area (Å²) in [6.07, 6.45) is 4.72. The van der Waals surface area contributed by atoms with Crippen molar-refractivity contribution < 1.29 is 24.8 Å². The Bertz CT molecular complexity index is 1350. The lowest BCUT2D eigenvalue weighted by atomic mass is 9.40. The smallest absolute Gasteiger partial charge is 0.152 e. The summed E-state index contributed by atoms with van der Waals surface area (Å²) in [5.41, 5.74) is 2.56. The number of hydrogen-bond donors (Lipinski definition) is 4. The number of ether oxygens (including phenoxy) is 2. The van der Waals surface area contributed by atoms with E-state index in [0.29, 0.717) is 12.3 Å². The second-order valence-electron chi connectivity index (χ2n) is 14.2. The first-order valence-corrected chi connectivity index (χ1v) is 14.5. The third kappa shape index (κ3) is 2.76. The maximum Gasteiger partial charge on any atom is 0.152 e. The van der Waals surface area contributed by atoms with E-state index in [0.717, 1.165) is 32.1 Å². The van der Waals surface area contributed by atoms with E-state index in [9.17, 15) is 15.3 Å². The van der Waals surface area contributed by atoms with Gasteiger partial charge in [-0.1, -0.05) is 37.6 Å². The zero-order valence-corrected chi connectivity index (χ0v) is 23.6. The number of aromatic amines is 1. The molecule has 38 heavy (non-hydrogen) atoms. The molecule has 1 spiro atoms. The zero-order valence-electron chi connectivity index (χ0n) is 23.6. The largest absolute Gasteiger partial charge is 0.388 e. The fraction of sp³-hybridized carbons (Fsp3) is 0.688. The van der Waals surface area contributed by atoms with Gasteiger partial charge in [-0.25, -0.2) is 0 Å². The normalized spacial score (nSPS) is 45.0. The van der Waals surface area contributed by atoms with Crippen LogP contribution in [0.15, 0.2) is 29.8 Å². The van der Waals surface area contributed by atoms with Gasteiger partial charge in [-0.2, -0.15) is 0 Å². The minimum Gasteiger partial charge on any atom is -0.388 e. The standard InChI is InChI=1S/C32H43NO5/c1-17(2)10-11-18-8-7-9-21-23(18)20-16-19-12-15-31(36)29(5,30(19,6)25(20)33-21)14-13-22-32(31)27(38-32)24(34)26(37-22)28(3,4)35/h7-10,19,22,24,26-27,33-36H,11-16H2,1-6H3. The lowest BCUT2D eigenvalue weighted by Crippen LogP contribution is -2.76. The van der Waals surface area contributed by atoms with Gasteiger partial charge in [0, 0.05) is 27.4 Å². The van der Waals surface area contributed by atoms with Crippen molar-refractivity contribution in [1.82, 2.24) is 4.98 Å². The third-order valence-corrected chi connectivity index (χ3v) is 11.8. The summed E-state index contributed by atoms with van der Waals surface area (Å²) in [5, 5.41) is 36.2. The van der Waals surface area contributed by atoms with Crippen LogP contribution < -0.4 is 0 Å². The minimum absolute atomic E-state index is 0.267. The van der Waals surface area contributed by atoms with Gasteiger partial charge in [0.05, 0.1) is 11.7 Å². The maximum absolute atomic E-state index is 12.9. The highest BCUT2D eigenvalue weighted by molar-refractivity contribution is 5.89. The van der Waals surface area contributed by atoms with Crippen molar-refractivity contribution in [3.63, 3.8) is 0 Å². The van der Waals surface area contributed by atoms with Crippen LogP contribution in [0, 0.1) is 11.3 Å². The van der Waals surface area contributed by atoms with E-state index in [4.69, 9.17) is 9.47 Å². The number of allylic oxidation sites excluding steroid dienone is 2. The molecule has 0 amide bonds. The summed E-state index contributed by atoms with van der Waals surface area (Å²) in [7, 11) is 0. The van der Waals surface area contributed by atoms with Crippen LogP contribution in [0.4, 0.5) is 0 Å². The number of H-pyrrole nitrogens is 1. The molecule has 6 nitrogen and oxygen atoms in total. The fourth-order valence-corrected chi connectivity index (χ4v) is 9.64. The maximum atomic E-state index is 12.9. The van der Waals surface area contributed by atoms with Gasteiger partial charge in [0.15, 0.2) is 5.60 Å². The lowest BCUT2D eigenvalue weighted by molar-refractivity contribution is -0.280. The fourth-order valence-electron chi connectivity index (χ4n) is 9.64. The Morgan fingerprint density at radius 3 is 2.66 bits per heavy atom. The summed E-state index contributed by atoms with van der Waals surface area (Å²) in [5.74, 6) is 0.429. The molecule has 1 aromatic carbocycles. The van der Waals surface area contributed by atoms with Crippen LogP contribution in [0.5, 0.6) is 0 Å². The van der Waals surface area contributed by atoms with E-state index in [1.54, 1.807) is 13.8 Å². The number of fused-ring (bicyclic) bond motifs is 7. The van der Waals surface area contributed by atoms with Crippen LogP contribution >= 0.6 is 0 Å². The molecule has 6 heteroatoms. The topological polar surface area (TPSA) is 98.2 Å². The Balaban J connectivity index is 1.34. The molecule has 9 unspecified atom stereocenters. The molecule has 0 bridgehead atoms.